The van der Waals surface area contributed by atoms with Crippen LogP contribution in [-0.2, 0) is 0 Å². The molecule has 0 unspecified atom stereocenters. The number of hydrogen-bond acceptors (Lipinski definition) is 3. The van der Waals surface area contributed by atoms with Crippen molar-refractivity contribution in [2.45, 2.75) is 6.92 Å². The largest absolute Gasteiger partial charge is 0.494 e. The number of hydrogen-bond donors (Lipinski definition) is 2. The number of ether oxygens (including phenoxy) is 1. The Morgan fingerprint density at radius 3 is 2.59 bits per heavy atom. The third kappa shape index (κ3) is 4.82. The number of carbonyl (C=O) groups is 1. The summed E-state index contributed by atoms with van der Waals surface area (Å²) in [6.07, 6.45) is 0. The SMILES string of the molecule is CCOc1ccc(C(=O)NC(=S)Nc2cccc(Br)c2)cc1. The topological polar surface area (TPSA) is 50.4 Å². The fourth-order valence-electron chi connectivity index (χ4n) is 1.77. The fraction of sp³-hybridized carbons (Fsp3) is 0.125. The highest BCUT2D eigenvalue weighted by molar-refractivity contribution is 9.10. The maximum atomic E-state index is 12.1. The molecule has 2 rings (SSSR count). The summed E-state index contributed by atoms with van der Waals surface area (Å²) in [5.74, 6) is 0.462. The monoisotopic (exact) mass is 378 g/mol. The van der Waals surface area contributed by atoms with E-state index >= 15 is 0 Å². The molecule has 0 aliphatic rings. The third-order valence-electron chi connectivity index (χ3n) is 2.74. The average molecular weight is 379 g/mol. The van der Waals surface area contributed by atoms with Gasteiger partial charge in [-0.15, -0.1) is 0 Å². The van der Waals surface area contributed by atoms with Crippen LogP contribution in [0.25, 0.3) is 0 Å². The van der Waals surface area contributed by atoms with Gasteiger partial charge in [-0.1, -0.05) is 22.0 Å². The van der Waals surface area contributed by atoms with Crippen LogP contribution < -0.4 is 15.4 Å². The molecule has 0 saturated heterocycles. The number of thiocarbonyl (C=S) groups is 1. The van der Waals surface area contributed by atoms with Crippen molar-refractivity contribution >= 4 is 44.9 Å². The lowest BCUT2D eigenvalue weighted by Gasteiger charge is -2.10. The second-order valence-corrected chi connectivity index (χ2v) is 5.70. The van der Waals surface area contributed by atoms with E-state index in [1.165, 1.54) is 0 Å². The summed E-state index contributed by atoms with van der Waals surface area (Å²) in [5.41, 5.74) is 1.31. The van der Waals surface area contributed by atoms with Gasteiger partial charge >= 0.3 is 0 Å². The van der Waals surface area contributed by atoms with E-state index in [0.717, 1.165) is 15.9 Å². The summed E-state index contributed by atoms with van der Waals surface area (Å²) in [4.78, 5) is 12.1. The van der Waals surface area contributed by atoms with Gasteiger partial charge in [0.1, 0.15) is 5.75 Å². The summed E-state index contributed by atoms with van der Waals surface area (Å²) in [6.45, 7) is 2.50. The molecule has 0 saturated carbocycles. The Kier molecular flexibility index (Phi) is 5.91. The predicted octanol–water partition coefficient (Wildman–Crippen LogP) is 3.97. The molecule has 6 heteroatoms. The normalized spacial score (nSPS) is 9.91. The number of anilines is 1. The van der Waals surface area contributed by atoms with E-state index in [1.54, 1.807) is 24.3 Å². The molecule has 2 aromatic rings. The first kappa shape index (κ1) is 16.5. The number of benzene rings is 2. The molecule has 4 nitrogen and oxygen atoms in total. The Bertz CT molecular complexity index is 674. The lowest BCUT2D eigenvalue weighted by Crippen LogP contribution is -2.34. The van der Waals surface area contributed by atoms with Crippen LogP contribution in [0.2, 0.25) is 0 Å². The number of halogens is 1. The second kappa shape index (κ2) is 7.91. The van der Waals surface area contributed by atoms with E-state index < -0.39 is 0 Å². The molecule has 22 heavy (non-hydrogen) atoms. The Morgan fingerprint density at radius 2 is 1.95 bits per heavy atom. The zero-order chi connectivity index (χ0) is 15.9. The van der Waals surface area contributed by atoms with Crippen molar-refractivity contribution in [1.82, 2.24) is 5.32 Å². The van der Waals surface area contributed by atoms with Crippen LogP contribution in [-0.4, -0.2) is 17.6 Å². The molecule has 0 aliphatic carbocycles. The molecule has 1 amide bonds. The minimum Gasteiger partial charge on any atom is -0.494 e. The Hall–Kier alpha value is -1.92. The molecular formula is C16H15BrN2O2S. The predicted molar refractivity (Wildman–Crippen MR) is 95.4 cm³/mol. The van der Waals surface area contributed by atoms with Crippen molar-refractivity contribution in [1.29, 1.82) is 0 Å². The van der Waals surface area contributed by atoms with Crippen LogP contribution in [0.5, 0.6) is 5.75 Å². The fourth-order valence-corrected chi connectivity index (χ4v) is 2.38. The molecule has 0 aliphatic heterocycles. The maximum absolute atomic E-state index is 12.1. The molecule has 114 valence electrons. The number of carbonyl (C=O) groups excluding carboxylic acids is 1. The smallest absolute Gasteiger partial charge is 0.257 e. The molecule has 0 spiro atoms. The molecule has 0 atom stereocenters. The van der Waals surface area contributed by atoms with E-state index in [-0.39, 0.29) is 11.0 Å². The first-order valence-electron chi connectivity index (χ1n) is 6.69. The highest BCUT2D eigenvalue weighted by Crippen LogP contribution is 2.15. The van der Waals surface area contributed by atoms with Crippen LogP contribution in [0.1, 0.15) is 17.3 Å². The van der Waals surface area contributed by atoms with E-state index in [0.29, 0.717) is 12.2 Å². The van der Waals surface area contributed by atoms with Gasteiger partial charge in [-0.2, -0.15) is 0 Å². The summed E-state index contributed by atoms with van der Waals surface area (Å²) in [7, 11) is 0. The molecule has 0 fully saturated rings. The Morgan fingerprint density at radius 1 is 1.23 bits per heavy atom. The van der Waals surface area contributed by atoms with Crippen LogP contribution in [0.3, 0.4) is 0 Å². The van der Waals surface area contributed by atoms with Gasteiger partial charge in [0, 0.05) is 15.7 Å². The second-order valence-electron chi connectivity index (χ2n) is 4.38. The van der Waals surface area contributed by atoms with Crippen molar-refractivity contribution in [3.05, 3.63) is 58.6 Å². The van der Waals surface area contributed by atoms with Gasteiger partial charge in [-0.3, -0.25) is 10.1 Å². The highest BCUT2D eigenvalue weighted by Gasteiger charge is 2.08. The van der Waals surface area contributed by atoms with Crippen molar-refractivity contribution in [2.24, 2.45) is 0 Å². The Labute approximate surface area is 143 Å². The first-order valence-corrected chi connectivity index (χ1v) is 7.89. The minimum absolute atomic E-state index is 0.247. The molecule has 2 aromatic carbocycles. The molecule has 0 radical (unpaired) electrons. The van der Waals surface area contributed by atoms with Gasteiger partial charge in [0.25, 0.3) is 5.91 Å². The summed E-state index contributed by atoms with van der Waals surface area (Å²) in [5, 5.41) is 5.85. The van der Waals surface area contributed by atoms with Crippen molar-refractivity contribution in [3.8, 4) is 5.75 Å². The first-order chi connectivity index (χ1) is 10.6. The molecule has 0 aromatic heterocycles. The molecule has 0 bridgehead atoms. The van der Waals surface area contributed by atoms with Crippen LogP contribution in [0.4, 0.5) is 5.69 Å². The van der Waals surface area contributed by atoms with E-state index in [1.807, 2.05) is 31.2 Å². The number of rotatable bonds is 4. The zero-order valence-corrected chi connectivity index (χ0v) is 14.3. The lowest BCUT2D eigenvalue weighted by molar-refractivity contribution is 0.0977. The highest BCUT2D eigenvalue weighted by atomic mass is 79.9. The summed E-state index contributed by atoms with van der Waals surface area (Å²) in [6, 6.07) is 14.4. The van der Waals surface area contributed by atoms with Crippen molar-refractivity contribution in [2.75, 3.05) is 11.9 Å². The average Bonchev–Trinajstić information content (AvgIpc) is 2.48. The number of nitrogens with one attached hydrogen (secondary N) is 2. The summed E-state index contributed by atoms with van der Waals surface area (Å²) >= 11 is 8.52. The quantitative estimate of drug-likeness (QED) is 0.790. The maximum Gasteiger partial charge on any atom is 0.257 e. The molecule has 2 N–H and O–H groups in total. The van der Waals surface area contributed by atoms with Crippen LogP contribution in [0.15, 0.2) is 53.0 Å². The minimum atomic E-state index is -0.268. The van der Waals surface area contributed by atoms with Gasteiger partial charge in [0.2, 0.25) is 0 Å². The van der Waals surface area contributed by atoms with Gasteiger partial charge < -0.3 is 10.1 Å². The lowest BCUT2D eigenvalue weighted by atomic mass is 10.2. The molecular weight excluding hydrogens is 364 g/mol. The van der Waals surface area contributed by atoms with Crippen molar-refractivity contribution < 1.29 is 9.53 Å². The van der Waals surface area contributed by atoms with E-state index in [4.69, 9.17) is 17.0 Å². The van der Waals surface area contributed by atoms with E-state index in [2.05, 4.69) is 26.6 Å². The van der Waals surface area contributed by atoms with E-state index in [9.17, 15) is 4.79 Å². The van der Waals surface area contributed by atoms with Crippen molar-refractivity contribution in [3.63, 3.8) is 0 Å². The summed E-state index contributed by atoms with van der Waals surface area (Å²) < 4.78 is 6.27. The van der Waals surface area contributed by atoms with Gasteiger partial charge in [0.05, 0.1) is 6.61 Å². The van der Waals surface area contributed by atoms with Gasteiger partial charge in [-0.05, 0) is 61.6 Å². The van der Waals surface area contributed by atoms with Gasteiger partial charge in [-0.25, -0.2) is 0 Å². The van der Waals surface area contributed by atoms with Crippen LogP contribution >= 0.6 is 28.1 Å². The molecule has 0 heterocycles. The Balaban J connectivity index is 1.94. The van der Waals surface area contributed by atoms with Gasteiger partial charge in [0.15, 0.2) is 5.11 Å². The van der Waals surface area contributed by atoms with Crippen LogP contribution in [0, 0.1) is 0 Å². The third-order valence-corrected chi connectivity index (χ3v) is 3.43. The zero-order valence-electron chi connectivity index (χ0n) is 11.9. The standard InChI is InChI=1S/C16H15BrN2O2S/c1-2-21-14-8-6-11(7-9-14)15(20)19-16(22)18-13-5-3-4-12(17)10-13/h3-10H,2H2,1H3,(H2,18,19,20,22). The number of amides is 1.